The summed E-state index contributed by atoms with van der Waals surface area (Å²) in [6.07, 6.45) is 0. The first-order chi connectivity index (χ1) is 28.7. The molecule has 238 valence electrons. The Balaban J connectivity index is 1.15. The second-order valence-corrected chi connectivity index (χ2v) is 12.8. The zero-order valence-corrected chi connectivity index (χ0v) is 27.1. The minimum absolute atomic E-state index is 0.0483. The van der Waals surface area contributed by atoms with E-state index < -0.39 is 24.2 Å². The zero-order valence-electron chi connectivity index (χ0n) is 35.1. The first kappa shape index (κ1) is 21.3. The van der Waals surface area contributed by atoms with E-state index in [4.69, 9.17) is 11.0 Å². The van der Waals surface area contributed by atoms with Crippen molar-refractivity contribution in [1.82, 2.24) is 13.7 Å². The minimum Gasteiger partial charge on any atom is -0.309 e. The normalized spacial score (nSPS) is 14.1. The van der Waals surface area contributed by atoms with Crippen molar-refractivity contribution >= 4 is 65.4 Å². The molecule has 0 aliphatic carbocycles. The Labute approximate surface area is 305 Å². The predicted octanol–water partition coefficient (Wildman–Crippen LogP) is 12.6. The summed E-state index contributed by atoms with van der Waals surface area (Å²) >= 11 is 0. The van der Waals surface area contributed by atoms with Gasteiger partial charge >= 0.3 is 0 Å². The smallest absolute Gasteiger partial charge is 0.0645 e. The van der Waals surface area contributed by atoms with Crippen molar-refractivity contribution in [2.24, 2.45) is 0 Å². The SMILES string of the molecule is [2H]c1c([2H])c([2H])c2c(c1[2H])c1c([2H])c([2H])c([2H])c([2H])c1n2-c1ccccc1-c1cccc(-n2c3ccccc3c3cc(-n4c5ccccc5c5ccccc54)ccc32)c1. The van der Waals surface area contributed by atoms with Crippen LogP contribution in [0.3, 0.4) is 0 Å². The molecule has 0 saturated heterocycles. The lowest BCUT2D eigenvalue weighted by molar-refractivity contribution is 1.16. The Morgan fingerprint density at radius 3 is 1.49 bits per heavy atom. The molecular weight excluding hydrogens is 619 g/mol. The lowest BCUT2D eigenvalue weighted by atomic mass is 10.0. The Kier molecular flexibility index (Phi) is 4.52. The molecule has 0 aliphatic heterocycles. The Morgan fingerprint density at radius 1 is 0.333 bits per heavy atom. The number of hydrogen-bond donors (Lipinski definition) is 0. The van der Waals surface area contributed by atoms with E-state index in [-0.39, 0.29) is 46.0 Å². The molecule has 0 bridgehead atoms. The molecule has 0 N–H and O–H groups in total. The van der Waals surface area contributed by atoms with E-state index in [1.54, 1.807) is 4.57 Å². The fraction of sp³-hybridized carbons (Fsp3) is 0. The summed E-state index contributed by atoms with van der Waals surface area (Å²) in [5, 5.41) is 4.69. The number of para-hydroxylation sites is 6. The van der Waals surface area contributed by atoms with E-state index in [9.17, 15) is 0 Å². The summed E-state index contributed by atoms with van der Waals surface area (Å²) in [4.78, 5) is 0. The number of hydrogen-bond acceptors (Lipinski definition) is 0. The number of nitrogens with zero attached hydrogens (tertiary/aromatic N) is 3. The van der Waals surface area contributed by atoms with Gasteiger partial charge in [-0.1, -0.05) is 121 Å². The topological polar surface area (TPSA) is 14.8 Å². The molecule has 0 fully saturated rings. The van der Waals surface area contributed by atoms with Gasteiger partial charge in [-0.15, -0.1) is 0 Å². The Morgan fingerprint density at radius 2 is 0.843 bits per heavy atom. The van der Waals surface area contributed by atoms with Crippen LogP contribution in [0.2, 0.25) is 0 Å². The Hall–Kier alpha value is -6.84. The van der Waals surface area contributed by atoms with Crippen molar-refractivity contribution in [3.8, 4) is 28.2 Å². The van der Waals surface area contributed by atoms with Crippen LogP contribution in [0.5, 0.6) is 0 Å². The third-order valence-corrected chi connectivity index (χ3v) is 10.1. The molecule has 0 atom stereocenters. The summed E-state index contributed by atoms with van der Waals surface area (Å²) in [7, 11) is 0. The van der Waals surface area contributed by atoms with Gasteiger partial charge in [-0.25, -0.2) is 0 Å². The van der Waals surface area contributed by atoms with Gasteiger partial charge in [-0.3, -0.25) is 0 Å². The van der Waals surface area contributed by atoms with Crippen LogP contribution in [-0.4, -0.2) is 13.7 Å². The summed E-state index contributed by atoms with van der Waals surface area (Å²) in [5.41, 5.74) is 8.49. The van der Waals surface area contributed by atoms with Crippen LogP contribution in [0, 0.1) is 0 Å². The third kappa shape index (κ3) is 4.06. The molecule has 51 heavy (non-hydrogen) atoms. The van der Waals surface area contributed by atoms with E-state index in [0.717, 1.165) is 49.8 Å². The molecule has 3 nitrogen and oxygen atoms in total. The number of rotatable bonds is 4. The fourth-order valence-electron chi connectivity index (χ4n) is 7.97. The van der Waals surface area contributed by atoms with Crippen LogP contribution in [0.15, 0.2) is 188 Å². The second kappa shape index (κ2) is 10.8. The summed E-state index contributed by atoms with van der Waals surface area (Å²) in [6.45, 7) is 0. The van der Waals surface area contributed by atoms with Crippen molar-refractivity contribution < 1.29 is 11.0 Å². The molecule has 8 aromatic carbocycles. The van der Waals surface area contributed by atoms with Crippen LogP contribution in [0.1, 0.15) is 11.0 Å². The fourth-order valence-corrected chi connectivity index (χ4v) is 7.97. The van der Waals surface area contributed by atoms with E-state index in [0.29, 0.717) is 11.3 Å². The van der Waals surface area contributed by atoms with Crippen molar-refractivity contribution in [3.63, 3.8) is 0 Å². The highest BCUT2D eigenvalue weighted by atomic mass is 15.0. The first-order valence-electron chi connectivity index (χ1n) is 20.9. The number of aromatic nitrogens is 3. The van der Waals surface area contributed by atoms with E-state index >= 15 is 0 Å². The second-order valence-electron chi connectivity index (χ2n) is 12.8. The predicted molar refractivity (Wildman–Crippen MR) is 215 cm³/mol. The summed E-state index contributed by atoms with van der Waals surface area (Å²) in [5.74, 6) is 0. The van der Waals surface area contributed by atoms with Crippen molar-refractivity contribution in [1.29, 1.82) is 0 Å². The lowest BCUT2D eigenvalue weighted by Crippen LogP contribution is -1.98. The molecule has 11 rings (SSSR count). The molecular formula is C48H31N3. The van der Waals surface area contributed by atoms with Crippen LogP contribution in [0.25, 0.3) is 93.6 Å². The number of benzene rings is 8. The molecule has 3 heterocycles. The van der Waals surface area contributed by atoms with E-state index in [1.165, 1.54) is 10.8 Å². The Bertz CT molecular complexity index is 3480. The molecule has 0 aliphatic rings. The highest BCUT2D eigenvalue weighted by molar-refractivity contribution is 6.13. The number of fused-ring (bicyclic) bond motifs is 9. The van der Waals surface area contributed by atoms with Crippen LogP contribution in [-0.2, 0) is 0 Å². The maximum absolute atomic E-state index is 9.06. The summed E-state index contributed by atoms with van der Waals surface area (Å²) < 4.78 is 76.2. The van der Waals surface area contributed by atoms with Crippen LogP contribution >= 0.6 is 0 Å². The quantitative estimate of drug-likeness (QED) is 0.179. The zero-order chi connectivity index (χ0) is 40.4. The lowest BCUT2D eigenvalue weighted by Gasteiger charge is -2.15. The van der Waals surface area contributed by atoms with E-state index in [2.05, 4.69) is 106 Å². The van der Waals surface area contributed by atoms with Crippen molar-refractivity contribution in [2.75, 3.05) is 0 Å². The maximum Gasteiger partial charge on any atom is 0.0645 e. The average Bonchev–Trinajstić information content (AvgIpc) is 3.92. The largest absolute Gasteiger partial charge is 0.309 e. The van der Waals surface area contributed by atoms with Crippen LogP contribution < -0.4 is 0 Å². The monoisotopic (exact) mass is 657 g/mol. The highest BCUT2D eigenvalue weighted by Crippen LogP contribution is 2.39. The first-order valence-corrected chi connectivity index (χ1v) is 16.9. The van der Waals surface area contributed by atoms with Gasteiger partial charge in [0, 0.05) is 49.3 Å². The van der Waals surface area contributed by atoms with Gasteiger partial charge in [-0.05, 0) is 72.2 Å². The van der Waals surface area contributed by atoms with Crippen LogP contribution in [0.4, 0.5) is 0 Å². The molecule has 0 unspecified atom stereocenters. The third-order valence-electron chi connectivity index (χ3n) is 10.1. The van der Waals surface area contributed by atoms with Crippen molar-refractivity contribution in [2.45, 2.75) is 0 Å². The van der Waals surface area contributed by atoms with Gasteiger partial charge in [0.1, 0.15) is 0 Å². The molecule has 0 radical (unpaired) electrons. The molecule has 0 amide bonds. The van der Waals surface area contributed by atoms with Gasteiger partial charge in [-0.2, -0.15) is 0 Å². The van der Waals surface area contributed by atoms with Crippen molar-refractivity contribution in [3.05, 3.63) is 188 Å². The van der Waals surface area contributed by atoms with Gasteiger partial charge in [0.15, 0.2) is 0 Å². The molecule has 11 aromatic rings. The highest BCUT2D eigenvalue weighted by Gasteiger charge is 2.18. The molecule has 0 saturated carbocycles. The van der Waals surface area contributed by atoms with Gasteiger partial charge in [0.2, 0.25) is 0 Å². The van der Waals surface area contributed by atoms with Gasteiger partial charge in [0.05, 0.1) is 49.8 Å². The van der Waals surface area contributed by atoms with E-state index in [1.807, 2.05) is 42.5 Å². The minimum atomic E-state index is -0.469. The molecule has 3 heteroatoms. The van der Waals surface area contributed by atoms with Gasteiger partial charge < -0.3 is 13.7 Å². The summed E-state index contributed by atoms with van der Waals surface area (Å²) in [6, 6.07) is 44.3. The maximum atomic E-state index is 9.06. The molecule has 3 aromatic heterocycles. The molecule has 0 spiro atoms. The van der Waals surface area contributed by atoms with Gasteiger partial charge in [0.25, 0.3) is 0 Å². The average molecular weight is 658 g/mol. The standard InChI is InChI=1S/C48H31N3/c1-7-22-42(51-46-26-11-4-19-38(46)39-20-5-12-27-47(39)51)35(16-1)32-14-13-15-33(30-32)49-45-25-10-6-21-40(45)41-31-34(28-29-48(41)49)50-43-23-8-2-17-36(43)37-18-3-9-24-44(37)50/h1-31H/i4D,5D,11D,12D,19D,20D,26D,27D.